The molecule has 0 aliphatic rings. The SMILES string of the molecule is CCOC(=O)CN(C(=O)N(C)CC(C)C(=O)O)C(C)C. The molecule has 0 heterocycles. The molecule has 0 spiro atoms. The third kappa shape index (κ3) is 5.90. The van der Waals surface area contributed by atoms with Crippen LogP contribution in [0.3, 0.4) is 0 Å². The van der Waals surface area contributed by atoms with Crippen LogP contribution in [-0.2, 0) is 14.3 Å². The van der Waals surface area contributed by atoms with Crippen LogP contribution in [-0.4, -0.2) is 65.7 Å². The van der Waals surface area contributed by atoms with Crippen LogP contribution >= 0.6 is 0 Å². The molecule has 0 aromatic carbocycles. The fourth-order valence-electron chi connectivity index (χ4n) is 1.60. The Morgan fingerprint density at radius 1 is 1.20 bits per heavy atom. The Balaban J connectivity index is 4.71. The van der Waals surface area contributed by atoms with Crippen molar-refractivity contribution in [1.29, 1.82) is 0 Å². The van der Waals surface area contributed by atoms with E-state index in [4.69, 9.17) is 9.84 Å². The topological polar surface area (TPSA) is 87.2 Å². The summed E-state index contributed by atoms with van der Waals surface area (Å²) < 4.78 is 4.83. The van der Waals surface area contributed by atoms with Gasteiger partial charge in [0.2, 0.25) is 0 Å². The van der Waals surface area contributed by atoms with Crippen molar-refractivity contribution in [2.24, 2.45) is 5.92 Å². The van der Waals surface area contributed by atoms with E-state index in [0.29, 0.717) is 0 Å². The van der Waals surface area contributed by atoms with Gasteiger partial charge in [-0.2, -0.15) is 0 Å². The van der Waals surface area contributed by atoms with Gasteiger partial charge in [-0.3, -0.25) is 9.59 Å². The lowest BCUT2D eigenvalue weighted by atomic mass is 10.2. The summed E-state index contributed by atoms with van der Waals surface area (Å²) in [6.07, 6.45) is 0. The third-order valence-corrected chi connectivity index (χ3v) is 2.77. The maximum atomic E-state index is 12.2. The molecule has 1 unspecified atom stereocenters. The molecule has 2 amide bonds. The molecule has 0 aliphatic carbocycles. The largest absolute Gasteiger partial charge is 0.481 e. The summed E-state index contributed by atoms with van der Waals surface area (Å²) in [5.41, 5.74) is 0. The van der Waals surface area contributed by atoms with Crippen molar-refractivity contribution in [3.05, 3.63) is 0 Å². The number of nitrogens with zero attached hydrogens (tertiary/aromatic N) is 2. The number of carboxylic acids is 1. The number of urea groups is 1. The van der Waals surface area contributed by atoms with Crippen LogP contribution in [0.25, 0.3) is 0 Å². The minimum Gasteiger partial charge on any atom is -0.481 e. The zero-order valence-electron chi connectivity index (χ0n) is 12.8. The number of amides is 2. The first kappa shape index (κ1) is 18.2. The van der Waals surface area contributed by atoms with Crippen LogP contribution in [0.1, 0.15) is 27.7 Å². The fourth-order valence-corrected chi connectivity index (χ4v) is 1.60. The highest BCUT2D eigenvalue weighted by atomic mass is 16.5. The molecule has 0 aliphatic heterocycles. The molecule has 1 atom stereocenters. The minimum atomic E-state index is -0.967. The van der Waals surface area contributed by atoms with Gasteiger partial charge in [0.05, 0.1) is 12.5 Å². The Labute approximate surface area is 119 Å². The lowest BCUT2D eigenvalue weighted by molar-refractivity contribution is -0.144. The van der Waals surface area contributed by atoms with Crippen molar-refractivity contribution in [2.45, 2.75) is 33.7 Å². The van der Waals surface area contributed by atoms with Gasteiger partial charge in [0.15, 0.2) is 0 Å². The molecule has 0 radical (unpaired) electrons. The zero-order valence-corrected chi connectivity index (χ0v) is 12.8. The summed E-state index contributed by atoms with van der Waals surface area (Å²) in [6, 6.07) is -0.573. The Morgan fingerprint density at radius 2 is 1.75 bits per heavy atom. The molecule has 20 heavy (non-hydrogen) atoms. The minimum absolute atomic E-state index is 0.0835. The first-order valence-corrected chi connectivity index (χ1v) is 6.60. The Bertz CT molecular complexity index is 357. The van der Waals surface area contributed by atoms with Crippen LogP contribution in [0.5, 0.6) is 0 Å². The first-order chi connectivity index (χ1) is 9.20. The van der Waals surface area contributed by atoms with E-state index in [0.717, 1.165) is 0 Å². The smallest absolute Gasteiger partial charge is 0.325 e. The second-order valence-corrected chi connectivity index (χ2v) is 4.93. The van der Waals surface area contributed by atoms with Gasteiger partial charge in [0.1, 0.15) is 6.54 Å². The van der Waals surface area contributed by atoms with Crippen molar-refractivity contribution in [3.63, 3.8) is 0 Å². The lowest BCUT2D eigenvalue weighted by Gasteiger charge is -2.31. The van der Waals surface area contributed by atoms with E-state index in [1.54, 1.807) is 20.8 Å². The molecule has 0 aromatic rings. The average Bonchev–Trinajstić information content (AvgIpc) is 2.34. The van der Waals surface area contributed by atoms with Gasteiger partial charge >= 0.3 is 18.0 Å². The Kier molecular flexibility index (Phi) is 7.64. The molecule has 116 valence electrons. The van der Waals surface area contributed by atoms with Gasteiger partial charge in [-0.05, 0) is 20.8 Å². The van der Waals surface area contributed by atoms with Gasteiger partial charge in [-0.1, -0.05) is 6.92 Å². The number of hydrogen-bond donors (Lipinski definition) is 1. The van der Waals surface area contributed by atoms with Crippen molar-refractivity contribution in [1.82, 2.24) is 9.80 Å². The third-order valence-electron chi connectivity index (χ3n) is 2.77. The number of carboxylic acid groups (broad SMARTS) is 1. The van der Waals surface area contributed by atoms with E-state index < -0.39 is 17.9 Å². The highest BCUT2D eigenvalue weighted by molar-refractivity contribution is 5.81. The van der Waals surface area contributed by atoms with E-state index in [1.807, 2.05) is 0 Å². The molecule has 0 aromatic heterocycles. The average molecular weight is 288 g/mol. The standard InChI is InChI=1S/C13H24N2O5/c1-6-20-11(16)8-15(9(2)3)13(19)14(5)7-10(4)12(17)18/h9-10H,6-8H2,1-5H3,(H,17,18). The summed E-state index contributed by atoms with van der Waals surface area (Å²) in [4.78, 5) is 37.2. The summed E-state index contributed by atoms with van der Waals surface area (Å²) in [5, 5.41) is 8.85. The number of aliphatic carboxylic acids is 1. The highest BCUT2D eigenvalue weighted by Crippen LogP contribution is 2.07. The van der Waals surface area contributed by atoms with Crippen LogP contribution in [0.4, 0.5) is 4.79 Å². The predicted molar refractivity (Wildman–Crippen MR) is 73.3 cm³/mol. The highest BCUT2D eigenvalue weighted by Gasteiger charge is 2.25. The van der Waals surface area contributed by atoms with Crippen LogP contribution in [0, 0.1) is 5.92 Å². The van der Waals surface area contributed by atoms with E-state index in [2.05, 4.69) is 0 Å². The second kappa shape index (κ2) is 8.39. The molecule has 1 N–H and O–H groups in total. The maximum absolute atomic E-state index is 12.2. The maximum Gasteiger partial charge on any atom is 0.325 e. The number of ether oxygens (including phenoxy) is 1. The number of carbonyl (C=O) groups excluding carboxylic acids is 2. The number of esters is 1. The van der Waals surface area contributed by atoms with E-state index in [1.165, 1.54) is 23.8 Å². The van der Waals surface area contributed by atoms with E-state index in [-0.39, 0.29) is 31.8 Å². The van der Waals surface area contributed by atoms with Crippen molar-refractivity contribution in [3.8, 4) is 0 Å². The van der Waals surface area contributed by atoms with Crippen molar-refractivity contribution in [2.75, 3.05) is 26.7 Å². The van der Waals surface area contributed by atoms with Gasteiger partial charge in [0, 0.05) is 19.6 Å². The summed E-state index contributed by atoms with van der Waals surface area (Å²) in [7, 11) is 1.52. The van der Waals surface area contributed by atoms with Crippen LogP contribution in [0.2, 0.25) is 0 Å². The summed E-state index contributed by atoms with van der Waals surface area (Å²) in [6.45, 7) is 6.98. The molecule has 0 saturated heterocycles. The van der Waals surface area contributed by atoms with Crippen molar-refractivity contribution < 1.29 is 24.2 Å². The molecule has 0 fully saturated rings. The summed E-state index contributed by atoms with van der Waals surface area (Å²) in [5.74, 6) is -2.11. The lowest BCUT2D eigenvalue weighted by Crippen LogP contribution is -2.48. The van der Waals surface area contributed by atoms with Crippen molar-refractivity contribution >= 4 is 18.0 Å². The van der Waals surface area contributed by atoms with Gasteiger partial charge < -0.3 is 19.6 Å². The van der Waals surface area contributed by atoms with Crippen LogP contribution < -0.4 is 0 Å². The molecule has 7 nitrogen and oxygen atoms in total. The van der Waals surface area contributed by atoms with Gasteiger partial charge in [-0.25, -0.2) is 4.79 Å². The van der Waals surface area contributed by atoms with E-state index in [9.17, 15) is 14.4 Å². The van der Waals surface area contributed by atoms with Gasteiger partial charge in [-0.15, -0.1) is 0 Å². The Morgan fingerprint density at radius 3 is 2.15 bits per heavy atom. The fraction of sp³-hybridized carbons (Fsp3) is 0.769. The number of hydrogen-bond acceptors (Lipinski definition) is 4. The molecule has 0 rings (SSSR count). The second-order valence-electron chi connectivity index (χ2n) is 4.93. The molecule has 0 saturated carbocycles. The first-order valence-electron chi connectivity index (χ1n) is 6.60. The number of rotatable bonds is 7. The summed E-state index contributed by atoms with van der Waals surface area (Å²) >= 11 is 0. The quantitative estimate of drug-likeness (QED) is 0.707. The monoisotopic (exact) mass is 288 g/mol. The van der Waals surface area contributed by atoms with Gasteiger partial charge in [0.25, 0.3) is 0 Å². The molecular weight excluding hydrogens is 264 g/mol. The Hall–Kier alpha value is -1.79. The van der Waals surface area contributed by atoms with Crippen LogP contribution in [0.15, 0.2) is 0 Å². The molecular formula is C13H24N2O5. The predicted octanol–water partition coefficient (Wildman–Crippen LogP) is 1.03. The normalized spacial score (nSPS) is 11.9. The molecule has 0 bridgehead atoms. The zero-order chi connectivity index (χ0) is 15.9. The molecule has 7 heteroatoms. The van der Waals surface area contributed by atoms with E-state index >= 15 is 0 Å². The number of carbonyl (C=O) groups is 3.